The lowest BCUT2D eigenvalue weighted by molar-refractivity contribution is 0.0949. The first-order chi connectivity index (χ1) is 11.1. The van der Waals surface area contributed by atoms with Gasteiger partial charge < -0.3 is 14.3 Å². The Labute approximate surface area is 136 Å². The van der Waals surface area contributed by atoms with Crippen molar-refractivity contribution >= 4 is 17.2 Å². The molecule has 0 fully saturated rings. The number of furan rings is 1. The minimum atomic E-state index is -0.390. The third-order valence-corrected chi connectivity index (χ3v) is 4.57. The molecule has 0 saturated carbocycles. The standard InChI is InChI=1S/C16H15N3O3S/c1-10-13(23-15(18-10)12-6-4-8-22-12)9-17-14(20)11-5-3-7-19(2)16(11)21/h3-8H,9H2,1-2H3,(H,17,20). The Kier molecular flexibility index (Phi) is 4.12. The van der Waals surface area contributed by atoms with E-state index in [0.717, 1.165) is 15.6 Å². The fourth-order valence-electron chi connectivity index (χ4n) is 2.12. The normalized spacial score (nSPS) is 10.7. The van der Waals surface area contributed by atoms with Crippen LogP contribution in [0.4, 0.5) is 0 Å². The molecule has 3 heterocycles. The first kappa shape index (κ1) is 15.2. The molecule has 0 saturated heterocycles. The molecule has 0 aliphatic heterocycles. The number of carbonyl (C=O) groups is 1. The van der Waals surface area contributed by atoms with Gasteiger partial charge in [0.25, 0.3) is 11.5 Å². The molecule has 0 unspecified atom stereocenters. The van der Waals surface area contributed by atoms with Crippen LogP contribution in [0.5, 0.6) is 0 Å². The number of carbonyl (C=O) groups excluding carboxylic acids is 1. The average Bonchev–Trinajstić information content (AvgIpc) is 3.17. The smallest absolute Gasteiger partial charge is 0.263 e. The van der Waals surface area contributed by atoms with Crippen LogP contribution in [0.2, 0.25) is 0 Å². The first-order valence-electron chi connectivity index (χ1n) is 7.00. The second kappa shape index (κ2) is 6.21. The van der Waals surface area contributed by atoms with Gasteiger partial charge in [-0.2, -0.15) is 0 Å². The van der Waals surface area contributed by atoms with Crippen molar-refractivity contribution < 1.29 is 9.21 Å². The molecule has 6 nitrogen and oxygen atoms in total. The summed E-state index contributed by atoms with van der Waals surface area (Å²) in [7, 11) is 1.61. The van der Waals surface area contributed by atoms with Crippen molar-refractivity contribution in [1.82, 2.24) is 14.9 Å². The fourth-order valence-corrected chi connectivity index (χ4v) is 3.09. The van der Waals surface area contributed by atoms with Gasteiger partial charge in [0, 0.05) is 18.1 Å². The number of amides is 1. The predicted octanol–water partition coefficient (Wildman–Crippen LogP) is 2.34. The van der Waals surface area contributed by atoms with Gasteiger partial charge >= 0.3 is 0 Å². The third-order valence-electron chi connectivity index (χ3n) is 3.40. The van der Waals surface area contributed by atoms with Crippen LogP contribution < -0.4 is 10.9 Å². The maximum absolute atomic E-state index is 12.2. The van der Waals surface area contributed by atoms with Crippen LogP contribution in [0.25, 0.3) is 10.8 Å². The van der Waals surface area contributed by atoms with Gasteiger partial charge in [0.2, 0.25) is 0 Å². The molecule has 0 aliphatic carbocycles. The van der Waals surface area contributed by atoms with Crippen molar-refractivity contribution in [2.45, 2.75) is 13.5 Å². The van der Waals surface area contributed by atoms with Crippen molar-refractivity contribution in [2.75, 3.05) is 0 Å². The molecule has 0 bridgehead atoms. The largest absolute Gasteiger partial charge is 0.462 e. The lowest BCUT2D eigenvalue weighted by atomic mass is 10.2. The summed E-state index contributed by atoms with van der Waals surface area (Å²) in [6.07, 6.45) is 3.21. The Hall–Kier alpha value is -2.67. The highest BCUT2D eigenvalue weighted by molar-refractivity contribution is 7.15. The number of hydrogen-bond acceptors (Lipinski definition) is 5. The van der Waals surface area contributed by atoms with Crippen molar-refractivity contribution in [3.05, 3.63) is 63.2 Å². The summed E-state index contributed by atoms with van der Waals surface area (Å²) in [4.78, 5) is 29.5. The molecule has 23 heavy (non-hydrogen) atoms. The summed E-state index contributed by atoms with van der Waals surface area (Å²) in [5.74, 6) is 0.311. The number of nitrogens with zero attached hydrogens (tertiary/aromatic N) is 2. The summed E-state index contributed by atoms with van der Waals surface area (Å²) >= 11 is 1.46. The molecule has 1 N–H and O–H groups in total. The molecule has 0 radical (unpaired) electrons. The summed E-state index contributed by atoms with van der Waals surface area (Å²) in [6.45, 7) is 2.20. The van der Waals surface area contributed by atoms with Crippen LogP contribution in [0.3, 0.4) is 0 Å². The fraction of sp³-hybridized carbons (Fsp3) is 0.188. The van der Waals surface area contributed by atoms with Crippen molar-refractivity contribution in [3.63, 3.8) is 0 Å². The summed E-state index contributed by atoms with van der Waals surface area (Å²) in [5, 5.41) is 3.54. The molecular formula is C16H15N3O3S. The van der Waals surface area contributed by atoms with Gasteiger partial charge in [-0.3, -0.25) is 9.59 Å². The van der Waals surface area contributed by atoms with E-state index in [1.54, 1.807) is 31.6 Å². The predicted molar refractivity (Wildman–Crippen MR) is 87.4 cm³/mol. The van der Waals surface area contributed by atoms with E-state index in [0.29, 0.717) is 12.3 Å². The molecule has 0 aromatic carbocycles. The first-order valence-corrected chi connectivity index (χ1v) is 7.82. The maximum atomic E-state index is 12.2. The Bertz CT molecular complexity index is 894. The highest BCUT2D eigenvalue weighted by Gasteiger charge is 2.14. The molecule has 118 valence electrons. The molecule has 0 atom stereocenters. The van der Waals surface area contributed by atoms with Crippen LogP contribution in [0.1, 0.15) is 20.9 Å². The summed E-state index contributed by atoms with van der Waals surface area (Å²) in [5.41, 5.74) is 0.647. The molecule has 3 aromatic rings. The quantitative estimate of drug-likeness (QED) is 0.797. The van der Waals surface area contributed by atoms with Gasteiger partial charge in [-0.1, -0.05) is 0 Å². The monoisotopic (exact) mass is 329 g/mol. The van der Waals surface area contributed by atoms with Gasteiger partial charge in [-0.25, -0.2) is 4.98 Å². The van der Waals surface area contributed by atoms with E-state index in [9.17, 15) is 9.59 Å². The van der Waals surface area contributed by atoms with E-state index >= 15 is 0 Å². The van der Waals surface area contributed by atoms with Crippen LogP contribution in [0.15, 0.2) is 45.9 Å². The summed E-state index contributed by atoms with van der Waals surface area (Å²) in [6, 6.07) is 6.84. The maximum Gasteiger partial charge on any atom is 0.263 e. The lowest BCUT2D eigenvalue weighted by Gasteiger charge is -2.05. The highest BCUT2D eigenvalue weighted by Crippen LogP contribution is 2.28. The minimum absolute atomic E-state index is 0.128. The van der Waals surface area contributed by atoms with Crippen molar-refractivity contribution in [3.8, 4) is 10.8 Å². The zero-order valence-electron chi connectivity index (χ0n) is 12.7. The van der Waals surface area contributed by atoms with Crippen LogP contribution >= 0.6 is 11.3 Å². The number of pyridine rings is 1. The van der Waals surface area contributed by atoms with Gasteiger partial charge in [0.1, 0.15) is 5.56 Å². The second-order valence-corrected chi connectivity index (χ2v) is 6.11. The average molecular weight is 329 g/mol. The molecule has 3 aromatic heterocycles. The van der Waals surface area contributed by atoms with E-state index in [1.165, 1.54) is 22.0 Å². The number of aryl methyl sites for hydroxylation is 2. The molecule has 1 amide bonds. The molecule has 0 spiro atoms. The van der Waals surface area contributed by atoms with Gasteiger partial charge in [0.05, 0.1) is 18.5 Å². The van der Waals surface area contributed by atoms with Gasteiger partial charge in [-0.05, 0) is 31.2 Å². The van der Waals surface area contributed by atoms with Gasteiger partial charge in [0.15, 0.2) is 10.8 Å². The van der Waals surface area contributed by atoms with Gasteiger partial charge in [-0.15, -0.1) is 11.3 Å². The molecular weight excluding hydrogens is 314 g/mol. The molecule has 7 heteroatoms. The lowest BCUT2D eigenvalue weighted by Crippen LogP contribution is -2.31. The zero-order valence-corrected chi connectivity index (χ0v) is 13.5. The van der Waals surface area contributed by atoms with Crippen LogP contribution in [-0.4, -0.2) is 15.5 Å². The third kappa shape index (κ3) is 3.09. The molecule has 0 aliphatic rings. The number of nitrogens with one attached hydrogen (secondary N) is 1. The van der Waals surface area contributed by atoms with E-state index in [1.807, 2.05) is 13.0 Å². The number of aromatic nitrogens is 2. The molecule has 3 rings (SSSR count). The van der Waals surface area contributed by atoms with E-state index in [4.69, 9.17) is 4.42 Å². The Balaban J connectivity index is 1.75. The Morgan fingerprint density at radius 1 is 1.39 bits per heavy atom. The topological polar surface area (TPSA) is 77.1 Å². The van der Waals surface area contributed by atoms with E-state index < -0.39 is 5.91 Å². The minimum Gasteiger partial charge on any atom is -0.462 e. The number of rotatable bonds is 4. The Morgan fingerprint density at radius 3 is 2.96 bits per heavy atom. The van der Waals surface area contributed by atoms with E-state index in [2.05, 4.69) is 10.3 Å². The Morgan fingerprint density at radius 2 is 2.22 bits per heavy atom. The number of hydrogen-bond donors (Lipinski definition) is 1. The van der Waals surface area contributed by atoms with Crippen LogP contribution in [-0.2, 0) is 13.6 Å². The van der Waals surface area contributed by atoms with E-state index in [-0.39, 0.29) is 11.1 Å². The van der Waals surface area contributed by atoms with Crippen LogP contribution in [0, 0.1) is 6.92 Å². The summed E-state index contributed by atoms with van der Waals surface area (Å²) < 4.78 is 6.71. The van der Waals surface area contributed by atoms with Crippen molar-refractivity contribution in [2.24, 2.45) is 7.05 Å². The van der Waals surface area contributed by atoms with Crippen molar-refractivity contribution in [1.29, 1.82) is 0 Å². The number of thiazole rings is 1. The zero-order chi connectivity index (χ0) is 16.4. The SMILES string of the molecule is Cc1nc(-c2ccco2)sc1CNC(=O)c1cccn(C)c1=O. The highest BCUT2D eigenvalue weighted by atomic mass is 32.1. The second-order valence-electron chi connectivity index (χ2n) is 5.03.